The molecule has 0 aliphatic carbocycles. The summed E-state index contributed by atoms with van der Waals surface area (Å²) in [7, 11) is 0. The summed E-state index contributed by atoms with van der Waals surface area (Å²) in [6, 6.07) is 9.71. The lowest BCUT2D eigenvalue weighted by atomic mass is 10.2. The van der Waals surface area contributed by atoms with E-state index >= 15 is 0 Å². The van der Waals surface area contributed by atoms with Crippen LogP contribution in [0.25, 0.3) is 5.69 Å². The third kappa shape index (κ3) is 3.42. The normalized spacial score (nSPS) is 11.2. The van der Waals surface area contributed by atoms with E-state index in [1.165, 1.54) is 4.68 Å². The van der Waals surface area contributed by atoms with E-state index in [1.54, 1.807) is 17.8 Å². The second-order valence-corrected chi connectivity index (χ2v) is 5.41. The van der Waals surface area contributed by atoms with Gasteiger partial charge in [-0.05, 0) is 26.0 Å². The number of alkyl halides is 2. The van der Waals surface area contributed by atoms with Crippen LogP contribution >= 0.6 is 0 Å². The fourth-order valence-electron chi connectivity index (χ4n) is 2.43. The van der Waals surface area contributed by atoms with Crippen molar-refractivity contribution in [1.29, 1.82) is 0 Å². The number of aryl methyl sites for hydroxylation is 1. The molecule has 126 valence electrons. The number of nitrogens with one attached hydrogen (secondary N) is 1. The first-order valence-electron chi connectivity index (χ1n) is 7.57. The first-order valence-corrected chi connectivity index (χ1v) is 7.57. The molecule has 0 radical (unpaired) electrons. The molecule has 3 rings (SSSR count). The van der Waals surface area contributed by atoms with Crippen molar-refractivity contribution in [3.05, 3.63) is 53.6 Å². The van der Waals surface area contributed by atoms with Crippen molar-refractivity contribution in [1.82, 2.24) is 24.5 Å². The van der Waals surface area contributed by atoms with Crippen LogP contribution < -0.4 is 5.32 Å². The SMILES string of the molecule is Cc1c(CNc2nc(C)n(-c3ccccc3)n2)cnn1CC(F)F. The van der Waals surface area contributed by atoms with Gasteiger partial charge in [-0.3, -0.25) is 4.68 Å². The number of hydrogen-bond acceptors (Lipinski definition) is 4. The van der Waals surface area contributed by atoms with Crippen LogP contribution in [0.4, 0.5) is 14.7 Å². The van der Waals surface area contributed by atoms with Crippen molar-refractivity contribution < 1.29 is 8.78 Å². The van der Waals surface area contributed by atoms with Gasteiger partial charge in [0.15, 0.2) is 0 Å². The highest BCUT2D eigenvalue weighted by Crippen LogP contribution is 2.14. The molecule has 0 atom stereocenters. The van der Waals surface area contributed by atoms with Crippen LogP contribution in [0.1, 0.15) is 17.1 Å². The summed E-state index contributed by atoms with van der Waals surface area (Å²) in [5, 5.41) is 11.5. The second kappa shape index (κ2) is 6.77. The van der Waals surface area contributed by atoms with E-state index in [1.807, 2.05) is 37.3 Å². The van der Waals surface area contributed by atoms with E-state index < -0.39 is 13.0 Å². The highest BCUT2D eigenvalue weighted by Gasteiger charge is 2.12. The molecule has 0 saturated carbocycles. The van der Waals surface area contributed by atoms with Crippen molar-refractivity contribution in [2.24, 2.45) is 0 Å². The Morgan fingerprint density at radius 1 is 1.17 bits per heavy atom. The van der Waals surface area contributed by atoms with Crippen LogP contribution in [0, 0.1) is 13.8 Å². The number of hydrogen-bond donors (Lipinski definition) is 1. The van der Waals surface area contributed by atoms with Gasteiger partial charge >= 0.3 is 0 Å². The molecule has 0 saturated heterocycles. The van der Waals surface area contributed by atoms with Gasteiger partial charge in [-0.1, -0.05) is 18.2 Å². The molecule has 2 heterocycles. The van der Waals surface area contributed by atoms with Crippen molar-refractivity contribution in [2.45, 2.75) is 33.4 Å². The van der Waals surface area contributed by atoms with E-state index in [4.69, 9.17) is 0 Å². The fourth-order valence-corrected chi connectivity index (χ4v) is 2.43. The first kappa shape index (κ1) is 16.1. The van der Waals surface area contributed by atoms with Crippen molar-refractivity contribution >= 4 is 5.95 Å². The minimum absolute atomic E-state index is 0.397. The first-order chi connectivity index (χ1) is 11.5. The number of anilines is 1. The molecular formula is C16H18F2N6. The van der Waals surface area contributed by atoms with Crippen molar-refractivity contribution in [2.75, 3.05) is 5.32 Å². The number of para-hydroxylation sites is 1. The maximum Gasteiger partial charge on any atom is 0.257 e. The smallest absolute Gasteiger partial charge is 0.257 e. The van der Waals surface area contributed by atoms with E-state index in [0.717, 1.165) is 17.1 Å². The monoisotopic (exact) mass is 332 g/mol. The summed E-state index contributed by atoms with van der Waals surface area (Å²) in [4.78, 5) is 4.38. The number of aromatic nitrogens is 5. The molecule has 0 aliphatic heterocycles. The molecule has 3 aromatic rings. The van der Waals surface area contributed by atoms with E-state index in [2.05, 4.69) is 20.5 Å². The van der Waals surface area contributed by atoms with Gasteiger partial charge in [-0.25, -0.2) is 13.5 Å². The summed E-state index contributed by atoms with van der Waals surface area (Å²) in [5.41, 5.74) is 2.47. The number of nitrogens with zero attached hydrogens (tertiary/aromatic N) is 5. The summed E-state index contributed by atoms with van der Waals surface area (Å²) in [6.07, 6.45) is -0.832. The Hall–Kier alpha value is -2.77. The zero-order valence-corrected chi connectivity index (χ0v) is 13.4. The summed E-state index contributed by atoms with van der Waals surface area (Å²) >= 11 is 0. The lowest BCUT2D eigenvalue weighted by Crippen LogP contribution is -2.10. The molecule has 0 spiro atoms. The highest BCUT2D eigenvalue weighted by molar-refractivity contribution is 5.35. The van der Waals surface area contributed by atoms with Crippen molar-refractivity contribution in [3.63, 3.8) is 0 Å². The number of benzene rings is 1. The summed E-state index contributed by atoms with van der Waals surface area (Å²) in [5.74, 6) is 1.24. The van der Waals surface area contributed by atoms with Crippen LogP contribution in [0.15, 0.2) is 36.5 Å². The Balaban J connectivity index is 1.71. The Labute approximate surface area is 138 Å². The third-order valence-corrected chi connectivity index (χ3v) is 3.72. The van der Waals surface area contributed by atoms with Gasteiger partial charge in [0.2, 0.25) is 5.95 Å². The van der Waals surface area contributed by atoms with Crippen LogP contribution in [0.2, 0.25) is 0 Å². The van der Waals surface area contributed by atoms with Crippen LogP contribution in [-0.4, -0.2) is 31.0 Å². The molecule has 6 nitrogen and oxygen atoms in total. The number of halogens is 2. The zero-order chi connectivity index (χ0) is 17.1. The molecule has 0 amide bonds. The fraction of sp³-hybridized carbons (Fsp3) is 0.312. The topological polar surface area (TPSA) is 60.6 Å². The molecule has 8 heteroatoms. The van der Waals surface area contributed by atoms with Crippen LogP contribution in [-0.2, 0) is 13.1 Å². The molecule has 0 aliphatic rings. The zero-order valence-electron chi connectivity index (χ0n) is 13.4. The van der Waals surface area contributed by atoms with E-state index in [-0.39, 0.29) is 0 Å². The highest BCUT2D eigenvalue weighted by atomic mass is 19.3. The Bertz CT molecular complexity index is 809. The van der Waals surface area contributed by atoms with Crippen molar-refractivity contribution in [3.8, 4) is 5.69 Å². The van der Waals surface area contributed by atoms with E-state index in [0.29, 0.717) is 18.2 Å². The Kier molecular flexibility index (Phi) is 4.54. The summed E-state index contributed by atoms with van der Waals surface area (Å²) in [6.45, 7) is 3.67. The van der Waals surface area contributed by atoms with Crippen LogP contribution in [0.3, 0.4) is 0 Å². The largest absolute Gasteiger partial charge is 0.349 e. The van der Waals surface area contributed by atoms with Gasteiger partial charge in [0.1, 0.15) is 12.4 Å². The quantitative estimate of drug-likeness (QED) is 0.754. The minimum atomic E-state index is -2.42. The molecule has 2 aromatic heterocycles. The minimum Gasteiger partial charge on any atom is -0.349 e. The number of rotatable bonds is 6. The Morgan fingerprint density at radius 3 is 2.62 bits per heavy atom. The molecule has 0 fully saturated rings. The lowest BCUT2D eigenvalue weighted by Gasteiger charge is -2.05. The van der Waals surface area contributed by atoms with Gasteiger partial charge in [0.25, 0.3) is 6.43 Å². The maximum absolute atomic E-state index is 12.5. The van der Waals surface area contributed by atoms with Crippen LogP contribution in [0.5, 0.6) is 0 Å². The van der Waals surface area contributed by atoms with E-state index in [9.17, 15) is 8.78 Å². The average molecular weight is 332 g/mol. The lowest BCUT2D eigenvalue weighted by molar-refractivity contribution is 0.121. The van der Waals surface area contributed by atoms with Gasteiger partial charge in [-0.2, -0.15) is 10.1 Å². The summed E-state index contributed by atoms with van der Waals surface area (Å²) < 4.78 is 28.0. The molecule has 0 unspecified atom stereocenters. The van der Waals surface area contributed by atoms with Gasteiger partial charge < -0.3 is 5.32 Å². The molecule has 24 heavy (non-hydrogen) atoms. The molecular weight excluding hydrogens is 314 g/mol. The Morgan fingerprint density at radius 2 is 1.92 bits per heavy atom. The molecule has 1 N–H and O–H groups in total. The average Bonchev–Trinajstić information content (AvgIpc) is 3.10. The molecule has 1 aromatic carbocycles. The third-order valence-electron chi connectivity index (χ3n) is 3.72. The predicted octanol–water partition coefficient (Wildman–Crippen LogP) is 2.96. The van der Waals surface area contributed by atoms with Gasteiger partial charge in [0, 0.05) is 17.8 Å². The van der Waals surface area contributed by atoms with Gasteiger partial charge in [-0.15, -0.1) is 5.10 Å². The standard InChI is InChI=1S/C16H18F2N6/c1-11-13(9-20-23(11)10-15(17)18)8-19-16-21-12(2)24(22-16)14-6-4-3-5-7-14/h3-7,9,15H,8,10H2,1-2H3,(H,19,22). The second-order valence-electron chi connectivity index (χ2n) is 5.41. The predicted molar refractivity (Wildman–Crippen MR) is 86.4 cm³/mol. The van der Waals surface area contributed by atoms with Gasteiger partial charge in [0.05, 0.1) is 11.9 Å². The molecule has 0 bridgehead atoms. The maximum atomic E-state index is 12.5.